The predicted molar refractivity (Wildman–Crippen MR) is 44.1 cm³/mol. The maximum atomic E-state index is 10.4. The Hall–Kier alpha value is 0.920. The van der Waals surface area contributed by atoms with Crippen molar-refractivity contribution in [2.75, 3.05) is 0 Å². The summed E-state index contributed by atoms with van der Waals surface area (Å²) in [6.07, 6.45) is 0. The normalized spacial score (nSPS) is 10.7. The molecule has 2 nitrogen and oxygen atoms in total. The van der Waals surface area contributed by atoms with Gasteiger partial charge in [0.2, 0.25) is 0 Å². The molecule has 0 aromatic carbocycles. The van der Waals surface area contributed by atoms with Gasteiger partial charge in [-0.15, -0.1) is 0 Å². The molecule has 0 radical (unpaired) electrons. The summed E-state index contributed by atoms with van der Waals surface area (Å²) in [5.74, 6) is 0. The second-order valence-electron chi connectivity index (χ2n) is 1.22. The van der Waals surface area contributed by atoms with Crippen molar-refractivity contribution in [2.45, 2.75) is 9.92 Å². The number of amides is 1. The number of nitrogens with zero attached hydrogens (tertiary/aromatic N) is 1. The van der Waals surface area contributed by atoms with Crippen LogP contribution in [0.4, 0.5) is 4.79 Å². The van der Waals surface area contributed by atoms with Crippen LogP contribution in [0.5, 0.6) is 0 Å². The highest BCUT2D eigenvalue weighted by Crippen LogP contribution is 2.20. The first kappa shape index (κ1) is 10.9. The first-order valence-corrected chi connectivity index (χ1v) is 4.13. The SMILES string of the molecule is O=C(Cl)N(C(Cl)Cl)C(Cl)Cl. The van der Waals surface area contributed by atoms with E-state index in [4.69, 9.17) is 58.0 Å². The molecule has 0 fully saturated rings. The van der Waals surface area contributed by atoms with Crippen LogP contribution in [-0.4, -0.2) is 20.2 Å². The predicted octanol–water partition coefficient (Wildman–Crippen LogP) is 3.17. The van der Waals surface area contributed by atoms with E-state index in [1.807, 2.05) is 0 Å². The average molecular weight is 245 g/mol. The summed E-state index contributed by atoms with van der Waals surface area (Å²) < 4.78 is 0. The molecule has 0 aliphatic heterocycles. The van der Waals surface area contributed by atoms with Crippen LogP contribution in [0, 0.1) is 0 Å². The molecule has 0 spiro atoms. The molecule has 0 saturated carbocycles. The first-order valence-electron chi connectivity index (χ1n) is 2.01. The molecular weight excluding hydrogens is 243 g/mol. The van der Waals surface area contributed by atoms with Crippen LogP contribution in [0.1, 0.15) is 0 Å². The number of hydrogen-bond donors (Lipinski definition) is 0. The third kappa shape index (κ3) is 3.35. The van der Waals surface area contributed by atoms with Gasteiger partial charge in [0.15, 0.2) is 9.92 Å². The highest BCUT2D eigenvalue weighted by Gasteiger charge is 2.23. The fourth-order valence-electron chi connectivity index (χ4n) is 0.239. The van der Waals surface area contributed by atoms with E-state index in [-0.39, 0.29) is 0 Å². The van der Waals surface area contributed by atoms with E-state index in [9.17, 15) is 4.79 Å². The van der Waals surface area contributed by atoms with Crippen LogP contribution in [0.2, 0.25) is 0 Å². The zero-order valence-electron chi connectivity index (χ0n) is 4.40. The summed E-state index contributed by atoms with van der Waals surface area (Å²) in [4.78, 5) is 8.80. The zero-order chi connectivity index (χ0) is 8.31. The topological polar surface area (TPSA) is 20.3 Å². The molecule has 0 aromatic heterocycles. The Kier molecular flexibility index (Phi) is 5.16. The molecule has 0 N–H and O–H groups in total. The number of rotatable bonds is 2. The lowest BCUT2D eigenvalue weighted by molar-refractivity contribution is 0.229. The number of carbonyl (C=O) groups is 1. The molecular formula is C3H2Cl5NO. The fourth-order valence-corrected chi connectivity index (χ4v) is 1.67. The molecule has 0 saturated heterocycles. The summed E-state index contributed by atoms with van der Waals surface area (Å²) in [6, 6.07) is 0. The Morgan fingerprint density at radius 1 is 1.10 bits per heavy atom. The van der Waals surface area contributed by atoms with Gasteiger partial charge in [-0.1, -0.05) is 46.4 Å². The van der Waals surface area contributed by atoms with E-state index in [1.165, 1.54) is 0 Å². The molecule has 7 heteroatoms. The lowest BCUT2D eigenvalue weighted by atomic mass is 10.9. The van der Waals surface area contributed by atoms with Crippen molar-refractivity contribution in [1.82, 2.24) is 4.90 Å². The monoisotopic (exact) mass is 243 g/mol. The Labute approximate surface area is 82.9 Å². The van der Waals surface area contributed by atoms with Crippen LogP contribution in [-0.2, 0) is 0 Å². The van der Waals surface area contributed by atoms with Crippen molar-refractivity contribution in [3.05, 3.63) is 0 Å². The Bertz CT molecular complexity index is 118. The van der Waals surface area contributed by atoms with Gasteiger partial charge in [-0.05, 0) is 11.6 Å². The lowest BCUT2D eigenvalue weighted by Crippen LogP contribution is -2.33. The van der Waals surface area contributed by atoms with Crippen molar-refractivity contribution < 1.29 is 4.79 Å². The summed E-state index contributed by atoms with van der Waals surface area (Å²) >= 11 is 26.0. The van der Waals surface area contributed by atoms with Gasteiger partial charge < -0.3 is 0 Å². The van der Waals surface area contributed by atoms with Crippen LogP contribution >= 0.6 is 58.0 Å². The fraction of sp³-hybridized carbons (Fsp3) is 0.667. The molecule has 0 aromatic rings. The highest BCUT2D eigenvalue weighted by molar-refractivity contribution is 6.65. The summed E-state index contributed by atoms with van der Waals surface area (Å²) in [5.41, 5.74) is 0. The highest BCUT2D eigenvalue weighted by atomic mass is 35.5. The van der Waals surface area contributed by atoms with Crippen molar-refractivity contribution in [1.29, 1.82) is 0 Å². The van der Waals surface area contributed by atoms with Gasteiger partial charge in [0.1, 0.15) is 0 Å². The molecule has 10 heavy (non-hydrogen) atoms. The van der Waals surface area contributed by atoms with Crippen molar-refractivity contribution in [3.63, 3.8) is 0 Å². The molecule has 0 atom stereocenters. The largest absolute Gasteiger partial charge is 0.320 e. The number of carbonyl (C=O) groups excluding carboxylic acids is 1. The molecule has 0 bridgehead atoms. The summed E-state index contributed by atoms with van der Waals surface area (Å²) in [7, 11) is 0. The summed E-state index contributed by atoms with van der Waals surface area (Å²) in [5, 5.41) is -0.898. The van der Waals surface area contributed by atoms with E-state index in [0.29, 0.717) is 4.90 Å². The van der Waals surface area contributed by atoms with Crippen LogP contribution < -0.4 is 0 Å². The van der Waals surface area contributed by atoms with Gasteiger partial charge in [0, 0.05) is 0 Å². The van der Waals surface area contributed by atoms with Crippen molar-refractivity contribution >= 4 is 63.4 Å². The minimum atomic E-state index is -1.13. The summed E-state index contributed by atoms with van der Waals surface area (Å²) in [6.45, 7) is 0. The zero-order valence-corrected chi connectivity index (χ0v) is 8.18. The molecule has 0 rings (SSSR count). The van der Waals surface area contributed by atoms with Gasteiger partial charge >= 0.3 is 5.37 Å². The Balaban J connectivity index is 4.12. The molecule has 60 valence electrons. The van der Waals surface area contributed by atoms with Gasteiger partial charge in [0.05, 0.1) is 0 Å². The minimum absolute atomic E-state index is 0.688. The van der Waals surface area contributed by atoms with E-state index in [2.05, 4.69) is 0 Å². The van der Waals surface area contributed by atoms with Crippen LogP contribution in [0.15, 0.2) is 0 Å². The maximum absolute atomic E-state index is 10.4. The number of halogens is 5. The van der Waals surface area contributed by atoms with E-state index in [0.717, 1.165) is 0 Å². The average Bonchev–Trinajstić information content (AvgIpc) is 1.59. The standard InChI is InChI=1S/C3H2Cl5NO/c4-1(5)9(2(6)7)3(8)10/h1-2H. The van der Waals surface area contributed by atoms with Gasteiger partial charge in [0.25, 0.3) is 0 Å². The van der Waals surface area contributed by atoms with Crippen LogP contribution in [0.25, 0.3) is 0 Å². The van der Waals surface area contributed by atoms with Gasteiger partial charge in [-0.25, -0.2) is 0 Å². The number of hydrogen-bond acceptors (Lipinski definition) is 1. The van der Waals surface area contributed by atoms with Crippen molar-refractivity contribution in [2.24, 2.45) is 0 Å². The molecule has 0 unspecified atom stereocenters. The van der Waals surface area contributed by atoms with E-state index in [1.54, 1.807) is 0 Å². The van der Waals surface area contributed by atoms with E-state index >= 15 is 0 Å². The Morgan fingerprint density at radius 3 is 1.40 bits per heavy atom. The van der Waals surface area contributed by atoms with Gasteiger partial charge in [-0.2, -0.15) is 0 Å². The quantitative estimate of drug-likeness (QED) is 0.416. The third-order valence-electron chi connectivity index (χ3n) is 0.624. The number of alkyl halides is 4. The lowest BCUT2D eigenvalue weighted by Gasteiger charge is -2.20. The minimum Gasteiger partial charge on any atom is -0.269 e. The second kappa shape index (κ2) is 4.73. The molecule has 0 aliphatic rings. The van der Waals surface area contributed by atoms with Crippen molar-refractivity contribution in [3.8, 4) is 0 Å². The third-order valence-corrected chi connectivity index (χ3v) is 1.66. The first-order chi connectivity index (χ1) is 4.46. The van der Waals surface area contributed by atoms with Crippen LogP contribution in [0.3, 0.4) is 0 Å². The molecule has 1 amide bonds. The maximum Gasteiger partial charge on any atom is 0.320 e. The molecule has 0 heterocycles. The van der Waals surface area contributed by atoms with Gasteiger partial charge in [-0.3, -0.25) is 9.69 Å². The molecule has 0 aliphatic carbocycles. The Morgan fingerprint density at radius 2 is 1.40 bits per heavy atom. The van der Waals surface area contributed by atoms with E-state index < -0.39 is 15.3 Å². The second-order valence-corrected chi connectivity index (χ2v) is 3.64. The smallest absolute Gasteiger partial charge is 0.269 e.